The minimum absolute atomic E-state index is 0.170. The lowest BCUT2D eigenvalue weighted by Crippen LogP contribution is -2.15. The van der Waals surface area contributed by atoms with Gasteiger partial charge in [-0.05, 0) is 31.4 Å². The summed E-state index contributed by atoms with van der Waals surface area (Å²) in [6, 6.07) is 5.73. The quantitative estimate of drug-likeness (QED) is 0.781. The molecule has 0 fully saturated rings. The molecule has 98 valence electrons. The normalized spacial score (nSPS) is 11.1. The second-order valence-electron chi connectivity index (χ2n) is 4.22. The van der Waals surface area contributed by atoms with Crippen molar-refractivity contribution in [2.24, 2.45) is 0 Å². The van der Waals surface area contributed by atoms with Crippen molar-refractivity contribution in [1.29, 1.82) is 0 Å². The Morgan fingerprint density at radius 3 is 2.61 bits per heavy atom. The molecule has 18 heavy (non-hydrogen) atoms. The van der Waals surface area contributed by atoms with Crippen molar-refractivity contribution in [3.8, 4) is 5.75 Å². The number of hydrogen-bond acceptors (Lipinski definition) is 2. The highest BCUT2D eigenvalue weighted by Gasteiger charge is 2.10. The molecule has 0 saturated carbocycles. The van der Waals surface area contributed by atoms with Gasteiger partial charge in [0.2, 0.25) is 0 Å². The number of para-hydroxylation sites is 1. The molecule has 0 atom stereocenters. The van der Waals surface area contributed by atoms with Crippen molar-refractivity contribution in [2.75, 3.05) is 0 Å². The molecule has 0 spiro atoms. The van der Waals surface area contributed by atoms with Crippen molar-refractivity contribution in [3.05, 3.63) is 35.4 Å². The van der Waals surface area contributed by atoms with Gasteiger partial charge in [0.1, 0.15) is 5.75 Å². The van der Waals surface area contributed by atoms with Crippen LogP contribution in [-0.4, -0.2) is 17.2 Å². The van der Waals surface area contributed by atoms with E-state index >= 15 is 0 Å². The molecule has 1 aromatic carbocycles. The maximum absolute atomic E-state index is 10.6. The summed E-state index contributed by atoms with van der Waals surface area (Å²) in [4.78, 5) is 10.6. The van der Waals surface area contributed by atoms with Crippen LogP contribution in [0.1, 0.15) is 37.8 Å². The van der Waals surface area contributed by atoms with Gasteiger partial charge in [-0.3, -0.25) is 0 Å². The molecule has 1 aromatic rings. The van der Waals surface area contributed by atoms with Crippen LogP contribution >= 0.6 is 0 Å². The smallest absolute Gasteiger partial charge is 0.328 e. The molecule has 0 aliphatic carbocycles. The highest BCUT2D eigenvalue weighted by Crippen LogP contribution is 2.26. The molecule has 3 nitrogen and oxygen atoms in total. The predicted octanol–water partition coefficient (Wildman–Crippen LogP) is 3.66. The largest absolute Gasteiger partial charge is 0.490 e. The Kier molecular flexibility index (Phi) is 5.43. The summed E-state index contributed by atoms with van der Waals surface area (Å²) < 4.78 is 5.96. The number of ether oxygens (including phenoxy) is 1. The molecule has 0 aliphatic heterocycles. The van der Waals surface area contributed by atoms with Crippen molar-refractivity contribution >= 4 is 12.0 Å². The zero-order valence-electron chi connectivity index (χ0n) is 11.1. The Labute approximate surface area is 108 Å². The van der Waals surface area contributed by atoms with Crippen LogP contribution in [0.2, 0.25) is 0 Å². The van der Waals surface area contributed by atoms with Gasteiger partial charge in [0.05, 0.1) is 6.10 Å². The monoisotopic (exact) mass is 248 g/mol. The number of aliphatic carboxylic acids is 1. The highest BCUT2D eigenvalue weighted by atomic mass is 16.5. The zero-order valence-corrected chi connectivity index (χ0v) is 11.1. The number of carbonyl (C=O) groups is 1. The molecule has 1 N–H and O–H groups in total. The van der Waals surface area contributed by atoms with Gasteiger partial charge in [0.15, 0.2) is 0 Å². The number of rotatable bonds is 6. The van der Waals surface area contributed by atoms with Crippen molar-refractivity contribution in [3.63, 3.8) is 0 Å². The predicted molar refractivity (Wildman–Crippen MR) is 72.8 cm³/mol. The fourth-order valence-electron chi connectivity index (χ4n) is 1.75. The van der Waals surface area contributed by atoms with Crippen LogP contribution in [0, 0.1) is 6.92 Å². The third-order valence-electron chi connectivity index (χ3n) is 2.84. The first-order valence-corrected chi connectivity index (χ1v) is 6.25. The molecule has 1 rings (SSSR count). The van der Waals surface area contributed by atoms with Gasteiger partial charge in [-0.1, -0.05) is 32.0 Å². The van der Waals surface area contributed by atoms with E-state index in [0.717, 1.165) is 35.8 Å². The maximum Gasteiger partial charge on any atom is 0.328 e. The first-order chi connectivity index (χ1) is 8.58. The Morgan fingerprint density at radius 2 is 2.06 bits per heavy atom. The van der Waals surface area contributed by atoms with Gasteiger partial charge >= 0.3 is 5.97 Å². The van der Waals surface area contributed by atoms with Gasteiger partial charge in [-0.2, -0.15) is 0 Å². The second-order valence-corrected chi connectivity index (χ2v) is 4.22. The Morgan fingerprint density at radius 1 is 1.39 bits per heavy atom. The molecule has 0 unspecified atom stereocenters. The van der Waals surface area contributed by atoms with E-state index in [1.54, 1.807) is 6.08 Å². The van der Waals surface area contributed by atoms with Crippen molar-refractivity contribution in [2.45, 2.75) is 39.7 Å². The lowest BCUT2D eigenvalue weighted by Gasteiger charge is -2.19. The molecule has 0 saturated heterocycles. The fraction of sp³-hybridized carbons (Fsp3) is 0.400. The number of aryl methyl sites for hydroxylation is 1. The Hall–Kier alpha value is -1.77. The summed E-state index contributed by atoms with van der Waals surface area (Å²) in [6.45, 7) is 6.13. The fourth-order valence-corrected chi connectivity index (χ4v) is 1.75. The van der Waals surface area contributed by atoms with E-state index in [2.05, 4.69) is 13.8 Å². The minimum atomic E-state index is -0.954. The minimum Gasteiger partial charge on any atom is -0.490 e. The Balaban J connectivity index is 3.04. The molecule has 0 aliphatic rings. The molecule has 0 bridgehead atoms. The van der Waals surface area contributed by atoms with Gasteiger partial charge < -0.3 is 9.84 Å². The number of carboxylic acid groups (broad SMARTS) is 1. The van der Waals surface area contributed by atoms with Crippen LogP contribution in [0.15, 0.2) is 24.3 Å². The van der Waals surface area contributed by atoms with E-state index < -0.39 is 5.97 Å². The van der Waals surface area contributed by atoms with E-state index in [0.29, 0.717) is 0 Å². The molecule has 0 radical (unpaired) electrons. The average Bonchev–Trinajstić information content (AvgIpc) is 2.35. The summed E-state index contributed by atoms with van der Waals surface area (Å²) in [5.41, 5.74) is 1.83. The molecule has 0 aromatic heterocycles. The van der Waals surface area contributed by atoms with Gasteiger partial charge in [-0.25, -0.2) is 4.79 Å². The highest BCUT2D eigenvalue weighted by molar-refractivity contribution is 5.86. The lowest BCUT2D eigenvalue weighted by molar-refractivity contribution is -0.131. The first kappa shape index (κ1) is 14.3. The standard InChI is InChI=1S/C15H20O3/c1-4-13(5-2)18-15-11(3)7-6-8-12(15)9-10-14(16)17/h6-10,13H,4-5H2,1-3H3,(H,16,17)/b10-9+. The van der Waals surface area contributed by atoms with E-state index in [9.17, 15) is 4.79 Å². The number of carboxylic acids is 1. The molecule has 0 heterocycles. The maximum atomic E-state index is 10.6. The summed E-state index contributed by atoms with van der Waals surface area (Å²) in [6.07, 6.45) is 4.75. The summed E-state index contributed by atoms with van der Waals surface area (Å²) in [5, 5.41) is 8.68. The Bertz CT molecular complexity index is 431. The summed E-state index contributed by atoms with van der Waals surface area (Å²) >= 11 is 0. The molecule has 0 amide bonds. The SMILES string of the molecule is CCC(CC)Oc1c(C)cccc1/C=C/C(=O)O. The third kappa shape index (κ3) is 3.91. The second kappa shape index (κ2) is 6.84. The molecular formula is C15H20O3. The van der Waals surface area contributed by atoms with Crippen molar-refractivity contribution < 1.29 is 14.6 Å². The van der Waals surface area contributed by atoms with E-state index in [4.69, 9.17) is 9.84 Å². The number of hydrogen-bond donors (Lipinski definition) is 1. The molecular weight excluding hydrogens is 228 g/mol. The van der Waals surface area contributed by atoms with Crippen LogP contribution in [-0.2, 0) is 4.79 Å². The average molecular weight is 248 g/mol. The third-order valence-corrected chi connectivity index (χ3v) is 2.84. The van der Waals surface area contributed by atoms with E-state index in [1.807, 2.05) is 25.1 Å². The van der Waals surface area contributed by atoms with Gasteiger partial charge in [0.25, 0.3) is 0 Å². The number of benzene rings is 1. The summed E-state index contributed by atoms with van der Waals surface area (Å²) in [5.74, 6) is -0.173. The van der Waals surface area contributed by atoms with Gasteiger partial charge in [-0.15, -0.1) is 0 Å². The van der Waals surface area contributed by atoms with Crippen LogP contribution in [0.3, 0.4) is 0 Å². The van der Waals surface area contributed by atoms with Crippen LogP contribution in [0.25, 0.3) is 6.08 Å². The first-order valence-electron chi connectivity index (χ1n) is 6.25. The van der Waals surface area contributed by atoms with Crippen molar-refractivity contribution in [1.82, 2.24) is 0 Å². The van der Waals surface area contributed by atoms with Gasteiger partial charge in [0, 0.05) is 11.6 Å². The lowest BCUT2D eigenvalue weighted by atomic mass is 10.1. The van der Waals surface area contributed by atoms with Crippen LogP contribution in [0.5, 0.6) is 5.75 Å². The van der Waals surface area contributed by atoms with E-state index in [1.165, 1.54) is 0 Å². The van der Waals surface area contributed by atoms with Crippen LogP contribution < -0.4 is 4.74 Å². The topological polar surface area (TPSA) is 46.5 Å². The van der Waals surface area contributed by atoms with Crippen LogP contribution in [0.4, 0.5) is 0 Å². The zero-order chi connectivity index (χ0) is 13.5. The van der Waals surface area contributed by atoms with E-state index in [-0.39, 0.29) is 6.10 Å². The molecule has 3 heteroatoms. The summed E-state index contributed by atoms with van der Waals surface area (Å²) in [7, 11) is 0.